The summed E-state index contributed by atoms with van der Waals surface area (Å²) < 4.78 is 4.76. The van der Waals surface area contributed by atoms with E-state index in [1.54, 1.807) is 6.07 Å². The van der Waals surface area contributed by atoms with Crippen LogP contribution in [-0.2, 0) is 4.74 Å². The predicted octanol–water partition coefficient (Wildman–Crippen LogP) is 2.60. The Balaban J connectivity index is 3.24. The fourth-order valence-electron chi connectivity index (χ4n) is 1.79. The van der Waals surface area contributed by atoms with Gasteiger partial charge in [0.2, 0.25) is 0 Å². The number of esters is 1. The van der Waals surface area contributed by atoms with E-state index in [-0.39, 0.29) is 0 Å². The molecule has 0 heterocycles. The monoisotopic (exact) mass is 250 g/mol. The Morgan fingerprint density at radius 1 is 1.50 bits per heavy atom. The van der Waals surface area contributed by atoms with Crippen LogP contribution >= 0.6 is 0 Å². The van der Waals surface area contributed by atoms with Crippen LogP contribution in [0.3, 0.4) is 0 Å². The van der Waals surface area contributed by atoms with Crippen LogP contribution in [0.5, 0.6) is 0 Å². The first-order valence-electron chi connectivity index (χ1n) is 6.13. The molecule has 0 spiro atoms. The number of nitrogens with zero attached hydrogens (tertiary/aromatic N) is 1. The Labute approximate surface area is 109 Å². The standard InChI is InChI=1S/C14H22N2O2/c1-6-10(3)16(4)11-7-9(2)13(15)12(8-11)14(17)18-5/h7-8,10H,6,15H2,1-5H3. The van der Waals surface area contributed by atoms with Crippen LogP contribution in [0, 0.1) is 6.92 Å². The quantitative estimate of drug-likeness (QED) is 0.659. The molecule has 100 valence electrons. The number of nitrogen functional groups attached to an aromatic ring is 1. The Bertz CT molecular complexity index is 444. The van der Waals surface area contributed by atoms with Gasteiger partial charge in [0.05, 0.1) is 12.7 Å². The molecule has 4 heteroatoms. The van der Waals surface area contributed by atoms with Crippen molar-refractivity contribution in [2.24, 2.45) is 0 Å². The molecule has 0 saturated heterocycles. The first-order valence-corrected chi connectivity index (χ1v) is 6.13. The van der Waals surface area contributed by atoms with E-state index in [1.807, 2.05) is 20.0 Å². The first kappa shape index (κ1) is 14.4. The molecule has 0 saturated carbocycles. The van der Waals surface area contributed by atoms with Crippen molar-refractivity contribution in [2.45, 2.75) is 33.2 Å². The largest absolute Gasteiger partial charge is 0.465 e. The molecular formula is C14H22N2O2. The van der Waals surface area contributed by atoms with Crippen LogP contribution in [0.4, 0.5) is 11.4 Å². The van der Waals surface area contributed by atoms with Gasteiger partial charge in [-0.1, -0.05) is 6.92 Å². The zero-order chi connectivity index (χ0) is 13.9. The Morgan fingerprint density at radius 3 is 2.61 bits per heavy atom. The molecule has 0 amide bonds. The van der Waals surface area contributed by atoms with Gasteiger partial charge in [0.15, 0.2) is 0 Å². The summed E-state index contributed by atoms with van der Waals surface area (Å²) in [5.41, 5.74) is 8.71. The Hall–Kier alpha value is -1.71. The van der Waals surface area contributed by atoms with Gasteiger partial charge in [-0.25, -0.2) is 4.79 Å². The number of carbonyl (C=O) groups excluding carboxylic acids is 1. The maximum Gasteiger partial charge on any atom is 0.340 e. The van der Waals surface area contributed by atoms with Crippen molar-refractivity contribution >= 4 is 17.3 Å². The molecule has 0 aliphatic rings. The highest BCUT2D eigenvalue weighted by Crippen LogP contribution is 2.26. The summed E-state index contributed by atoms with van der Waals surface area (Å²) in [5.74, 6) is -0.394. The number of ether oxygens (including phenoxy) is 1. The van der Waals surface area contributed by atoms with Gasteiger partial charge in [-0.05, 0) is 38.0 Å². The van der Waals surface area contributed by atoms with E-state index in [0.29, 0.717) is 17.3 Å². The summed E-state index contributed by atoms with van der Waals surface area (Å²) in [5, 5.41) is 0. The summed E-state index contributed by atoms with van der Waals surface area (Å²) in [7, 11) is 3.38. The number of nitrogens with two attached hydrogens (primary N) is 1. The number of methoxy groups -OCH3 is 1. The van der Waals surface area contributed by atoms with Crippen molar-refractivity contribution in [1.29, 1.82) is 0 Å². The van der Waals surface area contributed by atoms with Crippen molar-refractivity contribution < 1.29 is 9.53 Å². The van der Waals surface area contributed by atoms with Crippen molar-refractivity contribution in [3.63, 3.8) is 0 Å². The van der Waals surface area contributed by atoms with E-state index in [9.17, 15) is 4.79 Å². The van der Waals surface area contributed by atoms with Crippen molar-refractivity contribution in [3.05, 3.63) is 23.3 Å². The molecule has 0 radical (unpaired) electrons. The lowest BCUT2D eigenvalue weighted by Gasteiger charge is -2.27. The second kappa shape index (κ2) is 5.76. The van der Waals surface area contributed by atoms with Crippen LogP contribution < -0.4 is 10.6 Å². The minimum Gasteiger partial charge on any atom is -0.465 e. The summed E-state index contributed by atoms with van der Waals surface area (Å²) >= 11 is 0. The van der Waals surface area contributed by atoms with Gasteiger partial charge in [0.1, 0.15) is 0 Å². The van der Waals surface area contributed by atoms with Gasteiger partial charge in [-0.2, -0.15) is 0 Å². The van der Waals surface area contributed by atoms with Gasteiger partial charge in [0.25, 0.3) is 0 Å². The van der Waals surface area contributed by atoms with E-state index < -0.39 is 5.97 Å². The molecule has 1 aromatic carbocycles. The SMILES string of the molecule is CCC(C)N(C)c1cc(C)c(N)c(C(=O)OC)c1. The third kappa shape index (κ3) is 2.75. The van der Waals surface area contributed by atoms with Gasteiger partial charge in [0, 0.05) is 24.5 Å². The van der Waals surface area contributed by atoms with E-state index >= 15 is 0 Å². The highest BCUT2D eigenvalue weighted by atomic mass is 16.5. The molecular weight excluding hydrogens is 228 g/mol. The highest BCUT2D eigenvalue weighted by molar-refractivity contribution is 5.97. The number of carbonyl (C=O) groups is 1. The van der Waals surface area contributed by atoms with Crippen molar-refractivity contribution in [1.82, 2.24) is 0 Å². The number of hydrogen-bond acceptors (Lipinski definition) is 4. The Kier molecular flexibility index (Phi) is 4.59. The fraction of sp³-hybridized carbons (Fsp3) is 0.500. The minimum absolute atomic E-state index is 0.394. The summed E-state index contributed by atoms with van der Waals surface area (Å²) in [6, 6.07) is 4.19. The molecule has 1 rings (SSSR count). The van der Waals surface area contributed by atoms with Crippen LogP contribution in [0.1, 0.15) is 36.2 Å². The molecule has 1 aromatic rings. The number of hydrogen-bond donors (Lipinski definition) is 1. The molecule has 0 bridgehead atoms. The van der Waals surface area contributed by atoms with Crippen molar-refractivity contribution in [2.75, 3.05) is 24.8 Å². The van der Waals surface area contributed by atoms with Crippen LogP contribution in [-0.4, -0.2) is 26.2 Å². The fourth-order valence-corrected chi connectivity index (χ4v) is 1.79. The van der Waals surface area contributed by atoms with Crippen LogP contribution in [0.15, 0.2) is 12.1 Å². The molecule has 4 nitrogen and oxygen atoms in total. The maximum absolute atomic E-state index is 11.7. The van der Waals surface area contributed by atoms with E-state index in [1.165, 1.54) is 7.11 Å². The number of aryl methyl sites for hydroxylation is 1. The molecule has 1 unspecified atom stereocenters. The molecule has 0 aliphatic heterocycles. The topological polar surface area (TPSA) is 55.6 Å². The normalized spacial score (nSPS) is 12.1. The summed E-state index contributed by atoms with van der Waals surface area (Å²) in [6.07, 6.45) is 1.04. The second-order valence-electron chi connectivity index (χ2n) is 4.58. The summed E-state index contributed by atoms with van der Waals surface area (Å²) in [6.45, 7) is 6.17. The van der Waals surface area contributed by atoms with Crippen LogP contribution in [0.2, 0.25) is 0 Å². The molecule has 1 atom stereocenters. The Morgan fingerprint density at radius 2 is 2.11 bits per heavy atom. The average molecular weight is 250 g/mol. The van der Waals surface area contributed by atoms with Gasteiger partial charge >= 0.3 is 5.97 Å². The number of benzene rings is 1. The van der Waals surface area contributed by atoms with Gasteiger partial charge in [-0.3, -0.25) is 0 Å². The second-order valence-corrected chi connectivity index (χ2v) is 4.58. The first-order chi connectivity index (χ1) is 8.42. The zero-order valence-corrected chi connectivity index (χ0v) is 11.8. The van der Waals surface area contributed by atoms with Crippen molar-refractivity contribution in [3.8, 4) is 0 Å². The smallest absolute Gasteiger partial charge is 0.340 e. The lowest BCUT2D eigenvalue weighted by molar-refractivity contribution is 0.0602. The van der Waals surface area contributed by atoms with E-state index in [0.717, 1.165) is 17.7 Å². The van der Waals surface area contributed by atoms with Crippen LogP contribution in [0.25, 0.3) is 0 Å². The summed E-state index contributed by atoms with van der Waals surface area (Å²) in [4.78, 5) is 13.8. The number of anilines is 2. The maximum atomic E-state index is 11.7. The molecule has 18 heavy (non-hydrogen) atoms. The molecule has 0 fully saturated rings. The average Bonchev–Trinajstić information content (AvgIpc) is 2.38. The van der Waals surface area contributed by atoms with E-state index in [2.05, 4.69) is 18.7 Å². The van der Waals surface area contributed by atoms with Gasteiger partial charge < -0.3 is 15.4 Å². The highest BCUT2D eigenvalue weighted by Gasteiger charge is 2.16. The van der Waals surface area contributed by atoms with Gasteiger partial charge in [-0.15, -0.1) is 0 Å². The number of rotatable bonds is 4. The zero-order valence-electron chi connectivity index (χ0n) is 11.8. The molecule has 0 aliphatic carbocycles. The minimum atomic E-state index is -0.394. The molecule has 2 N–H and O–H groups in total. The van der Waals surface area contributed by atoms with E-state index in [4.69, 9.17) is 10.5 Å². The lowest BCUT2D eigenvalue weighted by Crippen LogP contribution is -2.28. The third-order valence-corrected chi connectivity index (χ3v) is 3.44. The predicted molar refractivity (Wildman–Crippen MR) is 75.1 cm³/mol. The third-order valence-electron chi connectivity index (χ3n) is 3.44. The molecule has 0 aromatic heterocycles. The lowest BCUT2D eigenvalue weighted by atomic mass is 10.1.